The number of benzene rings is 2. The average molecular weight is 440 g/mol. The Bertz CT molecular complexity index is 1280. The summed E-state index contributed by atoms with van der Waals surface area (Å²) in [6.45, 7) is 0. The lowest BCUT2D eigenvalue weighted by Crippen LogP contribution is -2.13. The summed E-state index contributed by atoms with van der Waals surface area (Å²) in [5.41, 5.74) is 1.00. The van der Waals surface area contributed by atoms with Gasteiger partial charge in [-0.2, -0.15) is 5.10 Å². The van der Waals surface area contributed by atoms with Gasteiger partial charge in [0.2, 0.25) is 0 Å². The van der Waals surface area contributed by atoms with Crippen molar-refractivity contribution in [2.24, 2.45) is 0 Å². The molecule has 0 radical (unpaired) electrons. The van der Waals surface area contributed by atoms with Crippen molar-refractivity contribution in [3.8, 4) is 11.6 Å². The van der Waals surface area contributed by atoms with Gasteiger partial charge in [-0.25, -0.2) is 17.5 Å². The van der Waals surface area contributed by atoms with Gasteiger partial charge < -0.3 is 10.1 Å². The monoisotopic (exact) mass is 440 g/mol. The summed E-state index contributed by atoms with van der Waals surface area (Å²) in [5.74, 6) is 0.299. The number of nitrogens with zero attached hydrogens (tertiary/aromatic N) is 4. The molecular formula is C20H17FN6O3S. The molecule has 0 fully saturated rings. The van der Waals surface area contributed by atoms with Crippen molar-refractivity contribution in [1.82, 2.24) is 20.0 Å². The van der Waals surface area contributed by atoms with Crippen LogP contribution in [0.4, 0.5) is 21.6 Å². The van der Waals surface area contributed by atoms with Gasteiger partial charge in [0.05, 0.1) is 12.0 Å². The fourth-order valence-corrected chi connectivity index (χ4v) is 3.79. The lowest BCUT2D eigenvalue weighted by atomic mass is 10.3. The predicted octanol–water partition coefficient (Wildman–Crippen LogP) is 3.35. The van der Waals surface area contributed by atoms with Crippen LogP contribution in [-0.2, 0) is 10.0 Å². The molecule has 2 heterocycles. The van der Waals surface area contributed by atoms with E-state index < -0.39 is 15.8 Å². The zero-order valence-electron chi connectivity index (χ0n) is 16.2. The number of hydrogen-bond acceptors (Lipinski definition) is 7. The maximum Gasteiger partial charge on any atom is 0.262 e. The number of nitrogens with one attached hydrogen (secondary N) is 2. The zero-order chi connectivity index (χ0) is 21.8. The molecule has 2 aromatic carbocycles. The molecule has 0 unspecified atom stereocenters. The molecular weight excluding hydrogens is 423 g/mol. The van der Waals surface area contributed by atoms with Gasteiger partial charge in [-0.3, -0.25) is 4.72 Å². The van der Waals surface area contributed by atoms with E-state index in [1.165, 1.54) is 19.2 Å². The summed E-state index contributed by atoms with van der Waals surface area (Å²) >= 11 is 0. The van der Waals surface area contributed by atoms with Crippen LogP contribution >= 0.6 is 0 Å². The van der Waals surface area contributed by atoms with Gasteiger partial charge in [-0.1, -0.05) is 0 Å². The minimum absolute atomic E-state index is 0.0323. The van der Waals surface area contributed by atoms with Crippen LogP contribution in [0, 0.1) is 5.82 Å². The van der Waals surface area contributed by atoms with Crippen molar-refractivity contribution >= 4 is 27.2 Å². The predicted molar refractivity (Wildman–Crippen MR) is 113 cm³/mol. The SMILES string of the molecule is COc1ccc(S(=O)(=O)Nc2ccc(Nc3ccc(-n4cccn4)nn3)cc2)cc1F. The number of rotatable bonds is 7. The van der Waals surface area contributed by atoms with E-state index >= 15 is 0 Å². The molecule has 11 heteroatoms. The van der Waals surface area contributed by atoms with Crippen molar-refractivity contribution in [2.75, 3.05) is 17.1 Å². The third kappa shape index (κ3) is 4.61. The lowest BCUT2D eigenvalue weighted by molar-refractivity contribution is 0.385. The molecule has 0 aliphatic carbocycles. The summed E-state index contributed by atoms with van der Waals surface area (Å²) < 4.78 is 47.7. The molecule has 158 valence electrons. The molecule has 4 aromatic rings. The van der Waals surface area contributed by atoms with Crippen molar-refractivity contribution in [2.45, 2.75) is 4.90 Å². The first-order valence-electron chi connectivity index (χ1n) is 9.02. The summed E-state index contributed by atoms with van der Waals surface area (Å²) in [6.07, 6.45) is 3.41. The Labute approximate surface area is 177 Å². The van der Waals surface area contributed by atoms with E-state index in [-0.39, 0.29) is 10.6 Å². The molecule has 9 nitrogen and oxygen atoms in total. The first kappa shape index (κ1) is 20.3. The third-order valence-electron chi connectivity index (χ3n) is 4.23. The molecule has 0 saturated heterocycles. The summed E-state index contributed by atoms with van der Waals surface area (Å²) in [5, 5.41) is 15.3. The smallest absolute Gasteiger partial charge is 0.262 e. The standard InChI is InChI=1S/C20H17FN6O3S/c1-30-18-8-7-16(13-17(18)21)31(28,29)26-15-5-3-14(4-6-15)23-19-9-10-20(25-24-19)27-12-2-11-22-27/h2-13,26H,1H3,(H,23,24). The maximum absolute atomic E-state index is 13.8. The number of ether oxygens (including phenoxy) is 1. The largest absolute Gasteiger partial charge is 0.494 e. The quantitative estimate of drug-likeness (QED) is 0.453. The Morgan fingerprint density at radius 3 is 2.39 bits per heavy atom. The van der Waals surface area contributed by atoms with Gasteiger partial charge in [0.25, 0.3) is 10.0 Å². The highest BCUT2D eigenvalue weighted by Crippen LogP contribution is 2.24. The normalized spacial score (nSPS) is 11.2. The highest BCUT2D eigenvalue weighted by Gasteiger charge is 2.17. The van der Waals surface area contributed by atoms with E-state index in [1.54, 1.807) is 59.5 Å². The first-order valence-corrected chi connectivity index (χ1v) is 10.5. The molecule has 31 heavy (non-hydrogen) atoms. The van der Waals surface area contributed by atoms with Crippen LogP contribution in [0.2, 0.25) is 0 Å². The van der Waals surface area contributed by atoms with Crippen molar-refractivity contribution < 1.29 is 17.5 Å². The molecule has 0 amide bonds. The summed E-state index contributed by atoms with van der Waals surface area (Å²) in [7, 11) is -2.65. The first-order chi connectivity index (χ1) is 14.9. The van der Waals surface area contributed by atoms with Crippen molar-refractivity contribution in [3.63, 3.8) is 0 Å². The Balaban J connectivity index is 1.44. The fourth-order valence-electron chi connectivity index (χ4n) is 2.72. The van der Waals surface area contributed by atoms with Crippen LogP contribution in [-0.4, -0.2) is 35.5 Å². The van der Waals surface area contributed by atoms with E-state index in [4.69, 9.17) is 4.74 Å². The fraction of sp³-hybridized carbons (Fsp3) is 0.0500. The van der Waals surface area contributed by atoms with Crippen LogP contribution in [0.25, 0.3) is 5.82 Å². The van der Waals surface area contributed by atoms with Crippen LogP contribution in [0.15, 0.2) is 78.0 Å². The molecule has 0 aliphatic heterocycles. The number of anilines is 3. The van der Waals surface area contributed by atoms with Gasteiger partial charge in [-0.15, -0.1) is 10.2 Å². The highest BCUT2D eigenvalue weighted by atomic mass is 32.2. The second-order valence-electron chi connectivity index (χ2n) is 6.33. The second-order valence-corrected chi connectivity index (χ2v) is 8.01. The average Bonchev–Trinajstić information content (AvgIpc) is 3.30. The molecule has 0 spiro atoms. The van der Waals surface area contributed by atoms with E-state index in [0.717, 1.165) is 6.07 Å². The second kappa shape index (κ2) is 8.40. The molecule has 4 rings (SSSR count). The zero-order valence-corrected chi connectivity index (χ0v) is 17.0. The lowest BCUT2D eigenvalue weighted by Gasteiger charge is -2.11. The van der Waals surface area contributed by atoms with Crippen LogP contribution in [0.1, 0.15) is 0 Å². The number of halogens is 1. The molecule has 2 N–H and O–H groups in total. The number of methoxy groups -OCH3 is 1. The van der Waals surface area contributed by atoms with Crippen LogP contribution in [0.5, 0.6) is 5.75 Å². The summed E-state index contributed by atoms with van der Waals surface area (Å²) in [6, 6.07) is 15.2. The van der Waals surface area contributed by atoms with E-state index in [1.807, 2.05) is 0 Å². The number of aromatic nitrogens is 4. The Morgan fingerprint density at radius 2 is 1.77 bits per heavy atom. The Kier molecular flexibility index (Phi) is 5.50. The van der Waals surface area contributed by atoms with E-state index in [9.17, 15) is 12.8 Å². The summed E-state index contributed by atoms with van der Waals surface area (Å²) in [4.78, 5) is -0.208. The molecule has 0 saturated carbocycles. The van der Waals surface area contributed by atoms with Crippen molar-refractivity contribution in [3.05, 3.63) is 78.9 Å². The number of hydrogen-bond donors (Lipinski definition) is 2. The van der Waals surface area contributed by atoms with E-state index in [0.29, 0.717) is 23.0 Å². The Morgan fingerprint density at radius 1 is 1.00 bits per heavy atom. The van der Waals surface area contributed by atoms with Gasteiger partial charge in [-0.05, 0) is 60.7 Å². The highest BCUT2D eigenvalue weighted by molar-refractivity contribution is 7.92. The Hall–Kier alpha value is -3.99. The minimum atomic E-state index is -3.96. The van der Waals surface area contributed by atoms with Gasteiger partial charge in [0.1, 0.15) is 0 Å². The van der Waals surface area contributed by atoms with Crippen LogP contribution in [0.3, 0.4) is 0 Å². The molecule has 0 aliphatic rings. The third-order valence-corrected chi connectivity index (χ3v) is 5.61. The van der Waals surface area contributed by atoms with Crippen LogP contribution < -0.4 is 14.8 Å². The topological polar surface area (TPSA) is 111 Å². The maximum atomic E-state index is 13.8. The van der Waals surface area contributed by atoms with Gasteiger partial charge >= 0.3 is 0 Å². The minimum Gasteiger partial charge on any atom is -0.494 e. The molecule has 0 bridgehead atoms. The molecule has 2 aromatic heterocycles. The van der Waals surface area contributed by atoms with Gasteiger partial charge in [0, 0.05) is 23.8 Å². The van der Waals surface area contributed by atoms with E-state index in [2.05, 4.69) is 25.3 Å². The molecule has 0 atom stereocenters. The number of sulfonamides is 1. The van der Waals surface area contributed by atoms with Gasteiger partial charge in [0.15, 0.2) is 23.2 Å². The van der Waals surface area contributed by atoms with Crippen molar-refractivity contribution in [1.29, 1.82) is 0 Å².